The van der Waals surface area contributed by atoms with Crippen molar-refractivity contribution in [3.63, 3.8) is 0 Å². The lowest BCUT2D eigenvalue weighted by atomic mass is 10.4. The maximum Gasteiger partial charge on any atom is 0.333 e. The second-order valence-corrected chi connectivity index (χ2v) is 7.13. The molecule has 0 aliphatic heterocycles. The van der Waals surface area contributed by atoms with E-state index in [4.69, 9.17) is 10.5 Å². The van der Waals surface area contributed by atoms with E-state index in [1.165, 1.54) is 6.33 Å². The molecule has 9 heteroatoms. The molecule has 2 heterocycles. The number of nitrogen functional groups attached to an aromatic ring is 1. The number of hydrogen-bond acceptors (Lipinski definition) is 8. The number of carbonyl (C=O) groups excluding carboxylic acids is 1. The van der Waals surface area contributed by atoms with Gasteiger partial charge in [-0.15, -0.1) is 0 Å². The van der Waals surface area contributed by atoms with Gasteiger partial charge in [0.1, 0.15) is 18.5 Å². The minimum absolute atomic E-state index is 0.340. The van der Waals surface area contributed by atoms with Gasteiger partial charge in [0.25, 0.3) is 0 Å². The third-order valence-electron chi connectivity index (χ3n) is 2.68. The predicted molar refractivity (Wildman–Crippen MR) is 90.4 cm³/mol. The number of aromatic nitrogens is 4. The van der Waals surface area contributed by atoms with Crippen LogP contribution in [0.15, 0.2) is 24.8 Å². The van der Waals surface area contributed by atoms with Gasteiger partial charge in [-0.25, -0.2) is 19.7 Å². The number of hydrogen-bond donors (Lipinski definition) is 1. The molecule has 0 aromatic carbocycles. The largest absolute Gasteiger partial charge is 0.461 e. The van der Waals surface area contributed by atoms with Crippen molar-refractivity contribution in [2.75, 3.05) is 23.8 Å². The zero-order valence-corrected chi connectivity index (χ0v) is 13.8. The Labute approximate surface area is 136 Å². The van der Waals surface area contributed by atoms with E-state index in [-0.39, 0.29) is 5.97 Å². The first-order valence-electron chi connectivity index (χ1n) is 6.58. The quantitative estimate of drug-likeness (QED) is 0.337. The van der Waals surface area contributed by atoms with Crippen molar-refractivity contribution in [1.82, 2.24) is 19.5 Å². The molecule has 2 N–H and O–H groups in total. The standard InChI is InChI=1S/C13H17N5O2S2/c1-9(2)13(19)20-4-6-22-21-5-3-18-8-17-10-11(14)15-7-16-12(10)18/h7-8H,1,3-6H2,2H3,(H2,14,15,16). The third-order valence-corrected chi connectivity index (χ3v) is 5.03. The molecule has 0 saturated heterocycles. The number of rotatable bonds is 8. The predicted octanol–water partition coefficient (Wildman–Crippen LogP) is 1.91. The van der Waals surface area contributed by atoms with Crippen molar-refractivity contribution in [2.24, 2.45) is 0 Å². The molecule has 0 aliphatic rings. The summed E-state index contributed by atoms with van der Waals surface area (Å²) in [6, 6.07) is 0. The average Bonchev–Trinajstić information content (AvgIpc) is 2.90. The Bertz CT molecular complexity index is 673. The number of carbonyl (C=O) groups is 1. The number of aryl methyl sites for hydroxylation is 1. The van der Waals surface area contributed by atoms with Gasteiger partial charge < -0.3 is 15.0 Å². The third kappa shape index (κ3) is 4.38. The maximum atomic E-state index is 11.2. The first kappa shape index (κ1) is 16.6. The van der Waals surface area contributed by atoms with Gasteiger partial charge in [-0.05, 0) is 6.92 Å². The molecule has 0 radical (unpaired) electrons. The molecular weight excluding hydrogens is 322 g/mol. The Balaban J connectivity index is 1.67. The van der Waals surface area contributed by atoms with Crippen molar-refractivity contribution in [1.29, 1.82) is 0 Å². The second kappa shape index (κ2) is 8.04. The van der Waals surface area contributed by atoms with Gasteiger partial charge in [0, 0.05) is 23.6 Å². The summed E-state index contributed by atoms with van der Waals surface area (Å²) in [6.07, 6.45) is 3.16. The number of nitrogens with zero attached hydrogens (tertiary/aromatic N) is 4. The second-order valence-electron chi connectivity index (χ2n) is 4.43. The fourth-order valence-corrected chi connectivity index (χ4v) is 3.40. The van der Waals surface area contributed by atoms with Crippen LogP contribution in [0.2, 0.25) is 0 Å². The molecule has 0 fully saturated rings. The summed E-state index contributed by atoms with van der Waals surface area (Å²) in [4.78, 5) is 23.5. The molecule has 0 spiro atoms. The lowest BCUT2D eigenvalue weighted by Crippen LogP contribution is -2.07. The van der Waals surface area contributed by atoms with Crippen LogP contribution in [0, 0.1) is 0 Å². The van der Waals surface area contributed by atoms with Gasteiger partial charge in [0.05, 0.1) is 6.33 Å². The van der Waals surface area contributed by atoms with Crippen LogP contribution in [0.5, 0.6) is 0 Å². The minimum atomic E-state index is -0.340. The molecule has 7 nitrogen and oxygen atoms in total. The Hall–Kier alpha value is -1.74. The van der Waals surface area contributed by atoms with Crippen LogP contribution in [0.4, 0.5) is 5.82 Å². The molecule has 2 aromatic rings. The lowest BCUT2D eigenvalue weighted by Gasteiger charge is -2.05. The summed E-state index contributed by atoms with van der Waals surface area (Å²) in [5, 5.41) is 0. The van der Waals surface area contributed by atoms with E-state index in [1.54, 1.807) is 34.8 Å². The number of anilines is 1. The number of fused-ring (bicyclic) bond motifs is 1. The van der Waals surface area contributed by atoms with Crippen LogP contribution in [0.25, 0.3) is 11.2 Å². The van der Waals surface area contributed by atoms with E-state index >= 15 is 0 Å². The van der Waals surface area contributed by atoms with E-state index in [9.17, 15) is 4.79 Å². The molecule has 0 atom stereocenters. The van der Waals surface area contributed by atoms with Crippen molar-refractivity contribution in [2.45, 2.75) is 13.5 Å². The van der Waals surface area contributed by atoms with Crippen LogP contribution < -0.4 is 5.73 Å². The summed E-state index contributed by atoms with van der Waals surface area (Å²) < 4.78 is 6.95. The molecule has 22 heavy (non-hydrogen) atoms. The van der Waals surface area contributed by atoms with Gasteiger partial charge >= 0.3 is 5.97 Å². The Kier molecular flexibility index (Phi) is 6.08. The lowest BCUT2D eigenvalue weighted by molar-refractivity contribution is -0.138. The van der Waals surface area contributed by atoms with Crippen molar-refractivity contribution in [3.05, 3.63) is 24.8 Å². The topological polar surface area (TPSA) is 95.9 Å². The van der Waals surface area contributed by atoms with E-state index in [2.05, 4.69) is 21.5 Å². The van der Waals surface area contributed by atoms with Gasteiger partial charge in [0.2, 0.25) is 0 Å². The summed E-state index contributed by atoms with van der Waals surface area (Å²) in [5.74, 6) is 1.68. The number of esters is 1. The van der Waals surface area contributed by atoms with Crippen LogP contribution >= 0.6 is 21.6 Å². The monoisotopic (exact) mass is 339 g/mol. The maximum absolute atomic E-state index is 11.2. The zero-order chi connectivity index (χ0) is 15.9. The summed E-state index contributed by atoms with van der Waals surface area (Å²) in [5.41, 5.74) is 7.54. The first-order chi connectivity index (χ1) is 10.6. The normalized spacial score (nSPS) is 10.8. The SMILES string of the molecule is C=C(C)C(=O)OCCSSCCn1cnc2c(N)ncnc21. The van der Waals surface area contributed by atoms with E-state index in [0.29, 0.717) is 23.5 Å². The first-order valence-corrected chi connectivity index (χ1v) is 9.06. The number of imidazole rings is 1. The Morgan fingerprint density at radius 3 is 2.91 bits per heavy atom. The van der Waals surface area contributed by atoms with Gasteiger partial charge in [-0.3, -0.25) is 0 Å². The molecular formula is C13H17N5O2S2. The fourth-order valence-electron chi connectivity index (χ4n) is 1.61. The summed E-state index contributed by atoms with van der Waals surface area (Å²) >= 11 is 0. The summed E-state index contributed by atoms with van der Waals surface area (Å²) in [6.45, 7) is 6.33. The van der Waals surface area contributed by atoms with Crippen LogP contribution in [0.3, 0.4) is 0 Å². The van der Waals surface area contributed by atoms with Crippen molar-refractivity contribution >= 4 is 44.5 Å². The summed E-state index contributed by atoms with van der Waals surface area (Å²) in [7, 11) is 3.36. The molecule has 0 unspecified atom stereocenters. The Morgan fingerprint density at radius 2 is 2.14 bits per heavy atom. The number of ether oxygens (including phenoxy) is 1. The van der Waals surface area contributed by atoms with Gasteiger partial charge in [-0.1, -0.05) is 28.2 Å². The van der Waals surface area contributed by atoms with E-state index < -0.39 is 0 Å². The van der Waals surface area contributed by atoms with Crippen LogP contribution in [-0.2, 0) is 16.1 Å². The van der Waals surface area contributed by atoms with E-state index in [0.717, 1.165) is 23.7 Å². The average molecular weight is 339 g/mol. The molecule has 0 bridgehead atoms. The smallest absolute Gasteiger partial charge is 0.333 e. The molecule has 2 rings (SSSR count). The van der Waals surface area contributed by atoms with Crippen LogP contribution in [0.1, 0.15) is 6.92 Å². The van der Waals surface area contributed by atoms with E-state index in [1.807, 2.05) is 4.57 Å². The minimum Gasteiger partial charge on any atom is -0.461 e. The molecule has 118 valence electrons. The highest BCUT2D eigenvalue weighted by atomic mass is 33.1. The van der Waals surface area contributed by atoms with Gasteiger partial charge in [0.15, 0.2) is 11.5 Å². The zero-order valence-electron chi connectivity index (χ0n) is 12.2. The highest BCUT2D eigenvalue weighted by Crippen LogP contribution is 2.22. The Morgan fingerprint density at radius 1 is 1.36 bits per heavy atom. The van der Waals surface area contributed by atoms with Crippen LogP contribution in [-0.4, -0.2) is 43.6 Å². The van der Waals surface area contributed by atoms with Crippen molar-refractivity contribution < 1.29 is 9.53 Å². The van der Waals surface area contributed by atoms with Crippen molar-refractivity contribution in [3.8, 4) is 0 Å². The molecule has 0 amide bonds. The molecule has 2 aromatic heterocycles. The number of nitrogens with two attached hydrogens (primary N) is 1. The molecule has 0 saturated carbocycles. The molecule has 0 aliphatic carbocycles. The highest BCUT2D eigenvalue weighted by Gasteiger charge is 2.07. The van der Waals surface area contributed by atoms with Gasteiger partial charge in [-0.2, -0.15) is 0 Å². The fraction of sp³-hybridized carbons (Fsp3) is 0.385. The highest BCUT2D eigenvalue weighted by molar-refractivity contribution is 8.76.